The summed E-state index contributed by atoms with van der Waals surface area (Å²) in [6.07, 6.45) is 3.62. The first-order valence-corrected chi connectivity index (χ1v) is 6.91. The molecule has 0 saturated carbocycles. The molecule has 0 aliphatic carbocycles. The summed E-state index contributed by atoms with van der Waals surface area (Å²) in [5.74, 6) is 0.914. The molecule has 2 N–H and O–H groups in total. The fourth-order valence-electron chi connectivity index (χ4n) is 2.59. The lowest BCUT2D eigenvalue weighted by molar-refractivity contribution is -0.0173. The number of nitrogen functional groups attached to an aromatic ring is 1. The lowest BCUT2D eigenvalue weighted by Crippen LogP contribution is -2.20. The highest BCUT2D eigenvalue weighted by atomic mass is 16.7. The third kappa shape index (κ3) is 3.32. The summed E-state index contributed by atoms with van der Waals surface area (Å²) < 4.78 is 11.0. The van der Waals surface area contributed by atoms with Crippen LogP contribution in [0.1, 0.15) is 16.7 Å². The van der Waals surface area contributed by atoms with E-state index in [1.54, 1.807) is 0 Å². The summed E-state index contributed by atoms with van der Waals surface area (Å²) >= 11 is 0. The number of pyridine rings is 1. The average Bonchev–Trinajstić information content (AvgIpc) is 2.48. The van der Waals surface area contributed by atoms with Crippen molar-refractivity contribution in [2.24, 2.45) is 0 Å². The molecule has 21 heavy (non-hydrogen) atoms. The Morgan fingerprint density at radius 1 is 1.24 bits per heavy atom. The zero-order valence-corrected chi connectivity index (χ0v) is 12.1. The van der Waals surface area contributed by atoms with Gasteiger partial charge in [-0.15, -0.1) is 0 Å². The van der Waals surface area contributed by atoms with Gasteiger partial charge in [0.2, 0.25) is 0 Å². The summed E-state index contributed by atoms with van der Waals surface area (Å²) in [5.41, 5.74) is 10.1. The molecule has 110 valence electrons. The molecule has 0 bridgehead atoms. The number of aromatic nitrogens is 1. The van der Waals surface area contributed by atoms with Gasteiger partial charge in [-0.05, 0) is 36.9 Å². The number of nitrogens with two attached hydrogens (primary N) is 1. The number of fused-ring (bicyclic) bond motifs is 1. The van der Waals surface area contributed by atoms with Crippen molar-refractivity contribution in [1.29, 1.82) is 0 Å². The number of hydrogen-bond donors (Lipinski definition) is 1. The summed E-state index contributed by atoms with van der Waals surface area (Å²) in [6, 6.07) is 7.94. The van der Waals surface area contributed by atoms with Crippen LogP contribution in [0.5, 0.6) is 5.75 Å². The molecule has 5 nitrogen and oxygen atoms in total. The van der Waals surface area contributed by atoms with Crippen LogP contribution in [0.2, 0.25) is 0 Å². The maximum absolute atomic E-state index is 5.97. The Morgan fingerprint density at radius 2 is 2.05 bits per heavy atom. The van der Waals surface area contributed by atoms with Crippen LogP contribution in [0.15, 0.2) is 36.7 Å². The Bertz CT molecular complexity index is 616. The molecular formula is C16H19N3O2. The lowest BCUT2D eigenvalue weighted by Gasteiger charge is -2.24. The number of benzene rings is 1. The molecule has 0 atom stereocenters. The third-order valence-electron chi connectivity index (χ3n) is 3.45. The normalized spacial score (nSPS) is 13.8. The van der Waals surface area contributed by atoms with Gasteiger partial charge in [0.05, 0.1) is 6.61 Å². The first-order chi connectivity index (χ1) is 10.2. The molecule has 5 heteroatoms. The quantitative estimate of drug-likeness (QED) is 0.872. The first kappa shape index (κ1) is 13.9. The van der Waals surface area contributed by atoms with Crippen molar-refractivity contribution in [2.45, 2.75) is 19.7 Å². The smallest absolute Gasteiger partial charge is 0.189 e. The molecule has 1 aromatic carbocycles. The van der Waals surface area contributed by atoms with Gasteiger partial charge in [0.1, 0.15) is 5.75 Å². The molecule has 0 amide bonds. The van der Waals surface area contributed by atoms with Crippen molar-refractivity contribution in [3.63, 3.8) is 0 Å². The number of rotatable bonds is 4. The third-order valence-corrected chi connectivity index (χ3v) is 3.45. The molecule has 0 unspecified atom stereocenters. The Morgan fingerprint density at radius 3 is 2.86 bits per heavy atom. The molecule has 0 saturated heterocycles. The van der Waals surface area contributed by atoms with Crippen LogP contribution in [-0.2, 0) is 24.4 Å². The molecule has 3 rings (SSSR count). The highest BCUT2D eigenvalue weighted by molar-refractivity contribution is 5.53. The highest BCUT2D eigenvalue weighted by Gasteiger charge is 2.17. The van der Waals surface area contributed by atoms with Gasteiger partial charge in [-0.2, -0.15) is 0 Å². The van der Waals surface area contributed by atoms with Crippen molar-refractivity contribution in [3.05, 3.63) is 53.3 Å². The minimum absolute atomic E-state index is 0.304. The minimum atomic E-state index is 0.304. The van der Waals surface area contributed by atoms with E-state index in [0.717, 1.165) is 35.7 Å². The average molecular weight is 285 g/mol. The largest absolute Gasteiger partial charge is 0.467 e. The van der Waals surface area contributed by atoms with E-state index < -0.39 is 0 Å². The van der Waals surface area contributed by atoms with Crippen LogP contribution in [0, 0.1) is 0 Å². The van der Waals surface area contributed by atoms with E-state index in [1.165, 1.54) is 5.56 Å². The number of hydrogen-bond acceptors (Lipinski definition) is 5. The summed E-state index contributed by atoms with van der Waals surface area (Å²) in [6.45, 7) is 2.48. The second kappa shape index (κ2) is 6.11. The van der Waals surface area contributed by atoms with Crippen LogP contribution >= 0.6 is 0 Å². The molecule has 1 aliphatic heterocycles. The standard InChI is InChI=1S/C16H19N3O2/c1-19(8-12-2-4-18-5-3-12)9-13-6-15(17)7-14-10-20-11-21-16(13)14/h2-7H,8-11,17H2,1H3. The SMILES string of the molecule is CN(Cc1ccncc1)Cc1cc(N)cc2c1OCOC2. The van der Waals surface area contributed by atoms with Crippen LogP contribution in [-0.4, -0.2) is 23.7 Å². The van der Waals surface area contributed by atoms with Crippen LogP contribution in [0.4, 0.5) is 5.69 Å². The minimum Gasteiger partial charge on any atom is -0.467 e. The summed E-state index contributed by atoms with van der Waals surface area (Å²) in [7, 11) is 2.08. The zero-order chi connectivity index (χ0) is 14.7. The predicted octanol–water partition coefficient (Wildman–Crippen LogP) is 2.16. The molecule has 0 spiro atoms. The van der Waals surface area contributed by atoms with E-state index in [2.05, 4.69) is 16.9 Å². The Balaban J connectivity index is 1.76. The van der Waals surface area contributed by atoms with Crippen molar-refractivity contribution >= 4 is 5.69 Å². The van der Waals surface area contributed by atoms with E-state index >= 15 is 0 Å². The van der Waals surface area contributed by atoms with Crippen LogP contribution < -0.4 is 10.5 Å². The van der Waals surface area contributed by atoms with Gasteiger partial charge in [0.15, 0.2) is 6.79 Å². The fourth-order valence-corrected chi connectivity index (χ4v) is 2.59. The zero-order valence-electron chi connectivity index (χ0n) is 12.1. The highest BCUT2D eigenvalue weighted by Crippen LogP contribution is 2.31. The molecule has 1 aliphatic rings. The van der Waals surface area contributed by atoms with Gasteiger partial charge in [-0.3, -0.25) is 9.88 Å². The molecular weight excluding hydrogens is 266 g/mol. The topological polar surface area (TPSA) is 60.6 Å². The maximum Gasteiger partial charge on any atom is 0.189 e. The van der Waals surface area contributed by atoms with E-state index in [4.69, 9.17) is 15.2 Å². The van der Waals surface area contributed by atoms with Crippen molar-refractivity contribution in [3.8, 4) is 5.75 Å². The molecule has 2 heterocycles. The van der Waals surface area contributed by atoms with Gasteiger partial charge in [-0.25, -0.2) is 0 Å². The van der Waals surface area contributed by atoms with E-state index in [0.29, 0.717) is 13.4 Å². The molecule has 1 aromatic heterocycles. The fraction of sp³-hybridized carbons (Fsp3) is 0.312. The van der Waals surface area contributed by atoms with E-state index in [1.807, 2.05) is 36.7 Å². The van der Waals surface area contributed by atoms with Gasteiger partial charge in [-0.1, -0.05) is 0 Å². The Labute approximate surface area is 124 Å². The summed E-state index contributed by atoms with van der Waals surface area (Å²) in [4.78, 5) is 6.26. The number of ether oxygens (including phenoxy) is 2. The second-order valence-electron chi connectivity index (χ2n) is 5.31. The van der Waals surface area contributed by atoms with Crippen molar-refractivity contribution in [1.82, 2.24) is 9.88 Å². The van der Waals surface area contributed by atoms with Gasteiger partial charge >= 0.3 is 0 Å². The van der Waals surface area contributed by atoms with Gasteiger partial charge in [0.25, 0.3) is 0 Å². The maximum atomic E-state index is 5.97. The lowest BCUT2D eigenvalue weighted by atomic mass is 10.1. The van der Waals surface area contributed by atoms with E-state index in [-0.39, 0.29) is 0 Å². The number of anilines is 1. The first-order valence-electron chi connectivity index (χ1n) is 6.91. The predicted molar refractivity (Wildman–Crippen MR) is 80.5 cm³/mol. The summed E-state index contributed by atoms with van der Waals surface area (Å²) in [5, 5.41) is 0. The second-order valence-corrected chi connectivity index (χ2v) is 5.31. The van der Waals surface area contributed by atoms with Crippen LogP contribution in [0.3, 0.4) is 0 Å². The Kier molecular flexibility index (Phi) is 4.03. The molecule has 2 aromatic rings. The number of nitrogens with zero attached hydrogens (tertiary/aromatic N) is 2. The van der Waals surface area contributed by atoms with Gasteiger partial charge < -0.3 is 15.2 Å². The monoisotopic (exact) mass is 285 g/mol. The molecule has 0 radical (unpaired) electrons. The molecule has 0 fully saturated rings. The Hall–Kier alpha value is -2.11. The van der Waals surface area contributed by atoms with E-state index in [9.17, 15) is 0 Å². The van der Waals surface area contributed by atoms with Crippen LogP contribution in [0.25, 0.3) is 0 Å². The van der Waals surface area contributed by atoms with Gasteiger partial charge in [0, 0.05) is 42.3 Å². The van der Waals surface area contributed by atoms with Crippen molar-refractivity contribution in [2.75, 3.05) is 19.6 Å². The van der Waals surface area contributed by atoms with Crippen molar-refractivity contribution < 1.29 is 9.47 Å².